The van der Waals surface area contributed by atoms with Crippen LogP contribution in [-0.4, -0.2) is 47.5 Å². The number of nitrogens with one attached hydrogen (secondary N) is 1. The first-order chi connectivity index (χ1) is 11.0. The van der Waals surface area contributed by atoms with Gasteiger partial charge in [-0.1, -0.05) is 25.5 Å². The molecule has 136 valence electrons. The van der Waals surface area contributed by atoms with Crippen LogP contribution >= 0.6 is 24.2 Å². The van der Waals surface area contributed by atoms with Crippen LogP contribution in [0.4, 0.5) is 5.69 Å². The Labute approximate surface area is 156 Å². The third-order valence-corrected chi connectivity index (χ3v) is 5.26. The molecule has 4 nitrogen and oxygen atoms in total. The van der Waals surface area contributed by atoms with E-state index >= 15 is 0 Å². The van der Waals surface area contributed by atoms with Crippen molar-refractivity contribution < 1.29 is 4.79 Å². The van der Waals surface area contributed by atoms with Gasteiger partial charge in [0.2, 0.25) is 5.91 Å². The van der Waals surface area contributed by atoms with Crippen LogP contribution in [0.2, 0.25) is 0 Å². The van der Waals surface area contributed by atoms with Crippen molar-refractivity contribution in [2.75, 3.05) is 36.5 Å². The van der Waals surface area contributed by atoms with E-state index in [9.17, 15) is 4.79 Å². The molecular formula is C18H30ClN3OS. The Morgan fingerprint density at radius 3 is 2.50 bits per heavy atom. The Morgan fingerprint density at radius 1 is 1.29 bits per heavy atom. The van der Waals surface area contributed by atoms with Gasteiger partial charge in [0.25, 0.3) is 0 Å². The van der Waals surface area contributed by atoms with Crippen LogP contribution in [0.3, 0.4) is 0 Å². The van der Waals surface area contributed by atoms with Crippen LogP contribution in [0.25, 0.3) is 0 Å². The van der Waals surface area contributed by atoms with E-state index in [1.807, 2.05) is 30.8 Å². The second-order valence-electron chi connectivity index (χ2n) is 6.52. The van der Waals surface area contributed by atoms with Crippen molar-refractivity contribution in [2.45, 2.75) is 38.6 Å². The molecule has 1 aliphatic heterocycles. The number of rotatable bonds is 7. The van der Waals surface area contributed by atoms with E-state index in [4.69, 9.17) is 5.73 Å². The molecule has 1 atom stereocenters. The second-order valence-corrected chi connectivity index (χ2v) is 7.75. The van der Waals surface area contributed by atoms with E-state index in [-0.39, 0.29) is 18.3 Å². The molecule has 0 radical (unpaired) electrons. The number of halogens is 1. The van der Waals surface area contributed by atoms with Gasteiger partial charge < -0.3 is 16.0 Å². The standard InChI is InChI=1S/C18H29N3OS.ClH/c1-3-9-18(2,19)17(22)20-16-6-4-15(5-7-16)8-10-21-11-13-23-14-12-21;/h4-7H,3,8-14,19H2,1-2H3,(H,20,22);1H. The maximum atomic E-state index is 12.2. The number of amides is 1. The van der Waals surface area contributed by atoms with Gasteiger partial charge in [-0.05, 0) is 37.5 Å². The average Bonchev–Trinajstić information content (AvgIpc) is 2.55. The van der Waals surface area contributed by atoms with Crippen molar-refractivity contribution in [1.82, 2.24) is 4.90 Å². The summed E-state index contributed by atoms with van der Waals surface area (Å²) in [6, 6.07) is 8.15. The smallest absolute Gasteiger partial charge is 0.244 e. The largest absolute Gasteiger partial charge is 0.325 e. The normalized spacial score (nSPS) is 17.6. The Morgan fingerprint density at radius 2 is 1.92 bits per heavy atom. The highest BCUT2D eigenvalue weighted by Gasteiger charge is 2.27. The van der Waals surface area contributed by atoms with Gasteiger partial charge in [-0.15, -0.1) is 12.4 Å². The minimum atomic E-state index is -0.806. The van der Waals surface area contributed by atoms with Crippen molar-refractivity contribution >= 4 is 35.8 Å². The number of thioether (sulfide) groups is 1. The molecule has 1 aliphatic rings. The van der Waals surface area contributed by atoms with Crippen molar-refractivity contribution in [3.8, 4) is 0 Å². The number of nitrogens with two attached hydrogens (primary N) is 1. The van der Waals surface area contributed by atoms with Gasteiger partial charge in [-0.2, -0.15) is 11.8 Å². The number of carbonyl (C=O) groups excluding carboxylic acids is 1. The first-order valence-electron chi connectivity index (χ1n) is 8.50. The molecule has 0 aromatic heterocycles. The van der Waals surface area contributed by atoms with Crippen molar-refractivity contribution in [3.05, 3.63) is 29.8 Å². The second kappa shape index (κ2) is 10.3. The van der Waals surface area contributed by atoms with Gasteiger partial charge in [0, 0.05) is 36.8 Å². The molecule has 0 bridgehead atoms. The summed E-state index contributed by atoms with van der Waals surface area (Å²) in [4.78, 5) is 14.7. The Hall–Kier alpha value is -0.750. The highest BCUT2D eigenvalue weighted by molar-refractivity contribution is 7.99. The number of nitrogens with zero attached hydrogens (tertiary/aromatic N) is 1. The number of anilines is 1. The zero-order chi connectivity index (χ0) is 16.7. The lowest BCUT2D eigenvalue weighted by Crippen LogP contribution is -2.48. The van der Waals surface area contributed by atoms with Crippen molar-refractivity contribution in [2.24, 2.45) is 5.73 Å². The highest BCUT2D eigenvalue weighted by atomic mass is 35.5. The summed E-state index contributed by atoms with van der Waals surface area (Å²) in [6.45, 7) is 7.34. The summed E-state index contributed by atoms with van der Waals surface area (Å²) in [5.41, 5.74) is 7.38. The van der Waals surface area contributed by atoms with E-state index in [1.54, 1.807) is 6.92 Å². The maximum Gasteiger partial charge on any atom is 0.244 e. The van der Waals surface area contributed by atoms with Gasteiger partial charge in [0.05, 0.1) is 5.54 Å². The quantitative estimate of drug-likeness (QED) is 0.773. The molecule has 1 saturated heterocycles. The van der Waals surface area contributed by atoms with E-state index < -0.39 is 5.54 Å². The average molecular weight is 372 g/mol. The lowest BCUT2D eigenvalue weighted by atomic mass is 9.96. The first kappa shape index (κ1) is 21.3. The summed E-state index contributed by atoms with van der Waals surface area (Å²) in [5.74, 6) is 2.39. The minimum absolute atomic E-state index is 0. The summed E-state index contributed by atoms with van der Waals surface area (Å²) in [7, 11) is 0. The monoisotopic (exact) mass is 371 g/mol. The number of hydrogen-bond acceptors (Lipinski definition) is 4. The van der Waals surface area contributed by atoms with E-state index in [1.165, 1.54) is 30.2 Å². The topological polar surface area (TPSA) is 58.4 Å². The van der Waals surface area contributed by atoms with E-state index in [2.05, 4.69) is 22.3 Å². The van der Waals surface area contributed by atoms with Crippen LogP contribution in [0.1, 0.15) is 32.3 Å². The van der Waals surface area contributed by atoms with Gasteiger partial charge >= 0.3 is 0 Å². The molecule has 0 aliphatic carbocycles. The minimum Gasteiger partial charge on any atom is -0.325 e. The van der Waals surface area contributed by atoms with Crippen molar-refractivity contribution in [1.29, 1.82) is 0 Å². The van der Waals surface area contributed by atoms with Gasteiger partial charge in [-0.3, -0.25) is 4.79 Å². The summed E-state index contributed by atoms with van der Waals surface area (Å²) >= 11 is 2.04. The predicted molar refractivity (Wildman–Crippen MR) is 107 cm³/mol. The summed E-state index contributed by atoms with van der Waals surface area (Å²) < 4.78 is 0. The molecule has 1 fully saturated rings. The fourth-order valence-corrected chi connectivity index (χ4v) is 3.75. The highest BCUT2D eigenvalue weighted by Crippen LogP contribution is 2.16. The molecule has 1 amide bonds. The van der Waals surface area contributed by atoms with Crippen LogP contribution in [0.5, 0.6) is 0 Å². The van der Waals surface area contributed by atoms with Crippen LogP contribution < -0.4 is 11.1 Å². The third kappa shape index (κ3) is 6.63. The van der Waals surface area contributed by atoms with Crippen LogP contribution in [-0.2, 0) is 11.2 Å². The lowest BCUT2D eigenvalue weighted by Gasteiger charge is -2.26. The molecule has 24 heavy (non-hydrogen) atoms. The van der Waals surface area contributed by atoms with Crippen LogP contribution in [0.15, 0.2) is 24.3 Å². The molecule has 1 aromatic rings. The van der Waals surface area contributed by atoms with Gasteiger partial charge in [0.15, 0.2) is 0 Å². The van der Waals surface area contributed by atoms with Gasteiger partial charge in [0.1, 0.15) is 0 Å². The molecule has 1 unspecified atom stereocenters. The predicted octanol–water partition coefficient (Wildman–Crippen LogP) is 3.16. The maximum absolute atomic E-state index is 12.2. The Bertz CT molecular complexity index is 501. The zero-order valence-corrected chi connectivity index (χ0v) is 16.3. The number of hydrogen-bond donors (Lipinski definition) is 2. The molecule has 1 aromatic carbocycles. The van der Waals surface area contributed by atoms with E-state index in [0.29, 0.717) is 6.42 Å². The molecule has 6 heteroatoms. The Kier molecular flexibility index (Phi) is 9.13. The zero-order valence-electron chi connectivity index (χ0n) is 14.7. The third-order valence-electron chi connectivity index (χ3n) is 4.32. The molecular weight excluding hydrogens is 342 g/mol. The number of benzene rings is 1. The fourth-order valence-electron chi connectivity index (χ4n) is 2.77. The van der Waals surface area contributed by atoms with Gasteiger partial charge in [-0.25, -0.2) is 0 Å². The molecule has 0 saturated carbocycles. The summed E-state index contributed by atoms with van der Waals surface area (Å²) in [5, 5.41) is 2.92. The molecule has 2 rings (SSSR count). The molecule has 0 spiro atoms. The van der Waals surface area contributed by atoms with Crippen LogP contribution in [0, 0.1) is 0 Å². The fraction of sp³-hybridized carbons (Fsp3) is 0.611. The summed E-state index contributed by atoms with van der Waals surface area (Å²) in [6.07, 6.45) is 2.64. The van der Waals surface area contributed by atoms with Crippen molar-refractivity contribution in [3.63, 3.8) is 0 Å². The Balaban J connectivity index is 0.00000288. The molecule has 1 heterocycles. The first-order valence-corrected chi connectivity index (χ1v) is 9.66. The SMILES string of the molecule is CCCC(C)(N)C(=O)Nc1ccc(CCN2CCSCC2)cc1.Cl. The van der Waals surface area contributed by atoms with E-state index in [0.717, 1.165) is 25.1 Å². The lowest BCUT2D eigenvalue weighted by molar-refractivity contribution is -0.120. The number of carbonyl (C=O) groups is 1. The molecule has 3 N–H and O–H groups in total.